The second kappa shape index (κ2) is 43.6. The number of hydrogen-bond acceptors (Lipinski definition) is 14. The highest BCUT2D eigenvalue weighted by atomic mass is 16.6. The minimum absolute atomic E-state index is 0.0344. The van der Waals surface area contributed by atoms with Crippen LogP contribution in [-0.2, 0) is 61.6 Å². The normalized spacial score (nSPS) is 12.1. The average Bonchev–Trinajstić information content (AvgIpc) is 3.69. The number of carbonyl (C=O) groups excluding carboxylic acids is 2. The Morgan fingerprint density at radius 3 is 1.10 bits per heavy atom. The Bertz CT molecular complexity index is 1470. The fourth-order valence-corrected chi connectivity index (χ4v) is 7.65. The molecule has 0 radical (unpaired) electrons. The predicted molar refractivity (Wildman–Crippen MR) is 267 cm³/mol. The number of carbonyl (C=O) groups is 2. The van der Waals surface area contributed by atoms with Crippen molar-refractivity contribution >= 4 is 12.1 Å². The van der Waals surface area contributed by atoms with Gasteiger partial charge in [-0.3, -0.25) is 4.79 Å². The molecule has 0 aromatic heterocycles. The molecule has 15 nitrogen and oxygen atoms in total. The Morgan fingerprint density at radius 1 is 0.406 bits per heavy atom. The number of fused-ring (bicyclic) bond motifs is 3. The highest BCUT2D eigenvalue weighted by Crippen LogP contribution is 2.44. The zero-order chi connectivity index (χ0) is 48.9. The van der Waals surface area contributed by atoms with Crippen LogP contribution in [0.25, 0.3) is 11.1 Å². The summed E-state index contributed by atoms with van der Waals surface area (Å²) >= 11 is 0. The van der Waals surface area contributed by atoms with Crippen LogP contribution in [0.15, 0.2) is 48.5 Å². The van der Waals surface area contributed by atoms with E-state index < -0.39 is 0 Å². The minimum atomic E-state index is -0.366. The first-order chi connectivity index (χ1) is 34.1. The number of esters is 1. The first-order valence-corrected chi connectivity index (χ1v) is 26.1. The van der Waals surface area contributed by atoms with E-state index in [4.69, 9.17) is 56.8 Å². The van der Waals surface area contributed by atoms with Crippen LogP contribution in [0.5, 0.6) is 0 Å². The van der Waals surface area contributed by atoms with Gasteiger partial charge in [0.05, 0.1) is 132 Å². The SMILES string of the molecule is CCCCCCCCCCCCCCCC(=O)OCCOCCOCCOCCOCCOCCOCCOCCOCCOCCOCCN(C)C(=O)OCC1c2ccccc2-c2ccccc21. The van der Waals surface area contributed by atoms with Gasteiger partial charge < -0.3 is 61.7 Å². The molecule has 1 aliphatic carbocycles. The fourth-order valence-electron chi connectivity index (χ4n) is 7.65. The molecule has 0 aliphatic heterocycles. The molecule has 2 aromatic carbocycles. The summed E-state index contributed by atoms with van der Waals surface area (Å²) in [5, 5.41) is 0. The molecule has 2 aromatic rings. The maximum absolute atomic E-state index is 12.6. The molecule has 0 unspecified atom stereocenters. The van der Waals surface area contributed by atoms with Crippen molar-refractivity contribution < 1.29 is 66.4 Å². The standard InChI is InChI=1S/C54H89NO14/c1-3-4-5-6-7-8-9-10-11-12-13-14-15-24-53(56)68-46-45-67-44-43-66-42-41-65-40-39-64-38-37-63-36-35-62-34-33-61-32-31-60-30-29-59-28-27-58-26-25-55(2)54(57)69-47-52-50-22-18-16-20-48(50)49-21-17-19-23-51(49)52/h16-23,52H,3-15,24-47H2,1-2H3. The van der Waals surface area contributed by atoms with E-state index in [9.17, 15) is 9.59 Å². The number of benzene rings is 2. The largest absolute Gasteiger partial charge is 0.463 e. The van der Waals surface area contributed by atoms with Gasteiger partial charge in [0.25, 0.3) is 0 Å². The molecule has 0 spiro atoms. The quantitative estimate of drug-likeness (QED) is 0.0459. The lowest BCUT2D eigenvalue weighted by atomic mass is 9.98. The molecule has 1 amide bonds. The van der Waals surface area contributed by atoms with Crippen molar-refractivity contribution in [3.8, 4) is 11.1 Å². The van der Waals surface area contributed by atoms with Gasteiger partial charge >= 0.3 is 12.1 Å². The van der Waals surface area contributed by atoms with Gasteiger partial charge in [-0.25, -0.2) is 4.79 Å². The number of nitrogens with zero attached hydrogens (tertiary/aromatic N) is 1. The third-order valence-electron chi connectivity index (χ3n) is 11.5. The number of hydrogen-bond donors (Lipinski definition) is 0. The van der Waals surface area contributed by atoms with E-state index >= 15 is 0 Å². The summed E-state index contributed by atoms with van der Waals surface area (Å²) in [4.78, 5) is 26.1. The van der Waals surface area contributed by atoms with Crippen LogP contribution < -0.4 is 0 Å². The van der Waals surface area contributed by atoms with E-state index in [1.807, 2.05) is 24.3 Å². The number of ether oxygens (including phenoxy) is 12. The molecule has 0 bridgehead atoms. The Morgan fingerprint density at radius 2 is 0.725 bits per heavy atom. The van der Waals surface area contributed by atoms with Crippen LogP contribution in [0.1, 0.15) is 114 Å². The van der Waals surface area contributed by atoms with Crippen LogP contribution in [-0.4, -0.2) is 176 Å². The summed E-state index contributed by atoms with van der Waals surface area (Å²) in [5.41, 5.74) is 4.79. The summed E-state index contributed by atoms with van der Waals surface area (Å²) in [6.45, 7) is 12.5. The van der Waals surface area contributed by atoms with E-state index in [1.54, 1.807) is 7.05 Å². The summed E-state index contributed by atoms with van der Waals surface area (Å²) in [6.07, 6.45) is 16.9. The first kappa shape index (κ1) is 60.1. The third kappa shape index (κ3) is 31.0. The molecule has 0 saturated heterocycles. The molecule has 15 heteroatoms. The molecule has 0 heterocycles. The number of unbranched alkanes of at least 4 members (excludes halogenated alkanes) is 12. The summed E-state index contributed by atoms with van der Waals surface area (Å²) < 4.78 is 66.3. The van der Waals surface area contributed by atoms with E-state index in [2.05, 4.69) is 31.2 Å². The lowest BCUT2D eigenvalue weighted by Gasteiger charge is -2.19. The van der Waals surface area contributed by atoms with Crippen LogP contribution in [0.4, 0.5) is 4.79 Å². The Labute approximate surface area is 414 Å². The third-order valence-corrected chi connectivity index (χ3v) is 11.5. The van der Waals surface area contributed by atoms with Crippen molar-refractivity contribution in [2.45, 2.75) is 103 Å². The highest BCUT2D eigenvalue weighted by molar-refractivity contribution is 5.79. The zero-order valence-corrected chi connectivity index (χ0v) is 42.5. The highest BCUT2D eigenvalue weighted by Gasteiger charge is 2.29. The molecule has 394 valence electrons. The molecule has 1 aliphatic rings. The zero-order valence-electron chi connectivity index (χ0n) is 42.5. The lowest BCUT2D eigenvalue weighted by Crippen LogP contribution is -2.32. The summed E-state index contributed by atoms with van der Waals surface area (Å²) in [6, 6.07) is 16.6. The van der Waals surface area contributed by atoms with Gasteiger partial charge in [-0.05, 0) is 28.7 Å². The molecule has 3 rings (SSSR count). The van der Waals surface area contributed by atoms with Crippen molar-refractivity contribution in [3.63, 3.8) is 0 Å². The van der Waals surface area contributed by atoms with Gasteiger partial charge in [-0.2, -0.15) is 0 Å². The van der Waals surface area contributed by atoms with Crippen LogP contribution >= 0.6 is 0 Å². The second-order valence-electron chi connectivity index (χ2n) is 17.1. The first-order valence-electron chi connectivity index (χ1n) is 26.1. The van der Waals surface area contributed by atoms with Crippen molar-refractivity contribution in [1.29, 1.82) is 0 Å². The van der Waals surface area contributed by atoms with Crippen molar-refractivity contribution in [3.05, 3.63) is 59.7 Å². The summed E-state index contributed by atoms with van der Waals surface area (Å²) in [7, 11) is 1.71. The lowest BCUT2D eigenvalue weighted by molar-refractivity contribution is -0.145. The van der Waals surface area contributed by atoms with Crippen molar-refractivity contribution in [2.75, 3.05) is 159 Å². The van der Waals surface area contributed by atoms with Crippen LogP contribution in [0.3, 0.4) is 0 Å². The van der Waals surface area contributed by atoms with Gasteiger partial charge in [-0.1, -0.05) is 133 Å². The van der Waals surface area contributed by atoms with Gasteiger partial charge in [0, 0.05) is 25.9 Å². The Balaban J connectivity index is 0.919. The molecule has 69 heavy (non-hydrogen) atoms. The van der Waals surface area contributed by atoms with E-state index in [0.717, 1.165) is 12.8 Å². The molecule has 0 saturated carbocycles. The smallest absolute Gasteiger partial charge is 0.409 e. The Hall–Kier alpha value is -3.22. The number of likely N-dealkylation sites (N-methyl/N-ethyl adjacent to an activating group) is 1. The van der Waals surface area contributed by atoms with Gasteiger partial charge in [-0.15, -0.1) is 0 Å². The van der Waals surface area contributed by atoms with Crippen molar-refractivity contribution in [1.82, 2.24) is 4.90 Å². The second-order valence-corrected chi connectivity index (χ2v) is 17.1. The summed E-state index contributed by atoms with van der Waals surface area (Å²) in [5.74, 6) is -0.102. The fraction of sp³-hybridized carbons (Fsp3) is 0.741. The topological polar surface area (TPSA) is 148 Å². The number of rotatable bonds is 49. The van der Waals surface area contributed by atoms with Crippen LogP contribution in [0.2, 0.25) is 0 Å². The van der Waals surface area contributed by atoms with Crippen molar-refractivity contribution in [2.24, 2.45) is 0 Å². The molecular formula is C54H89NO14. The molecular weight excluding hydrogens is 887 g/mol. The molecule has 0 fully saturated rings. The van der Waals surface area contributed by atoms with E-state index in [1.165, 1.54) is 97.8 Å². The monoisotopic (exact) mass is 976 g/mol. The van der Waals surface area contributed by atoms with Gasteiger partial charge in [0.2, 0.25) is 0 Å². The van der Waals surface area contributed by atoms with E-state index in [-0.39, 0.29) is 24.6 Å². The number of amides is 1. The maximum Gasteiger partial charge on any atom is 0.409 e. The molecule has 0 atom stereocenters. The van der Waals surface area contributed by atoms with Gasteiger partial charge in [0.15, 0.2) is 0 Å². The van der Waals surface area contributed by atoms with Gasteiger partial charge in [0.1, 0.15) is 13.2 Å². The maximum atomic E-state index is 12.6. The predicted octanol–water partition coefficient (Wildman–Crippen LogP) is 9.06. The average molecular weight is 976 g/mol. The van der Waals surface area contributed by atoms with Crippen LogP contribution in [0, 0.1) is 0 Å². The Kier molecular flexibility index (Phi) is 37.9. The molecule has 0 N–H and O–H groups in total. The minimum Gasteiger partial charge on any atom is -0.463 e. The van der Waals surface area contributed by atoms with E-state index in [0.29, 0.717) is 152 Å².